The van der Waals surface area contributed by atoms with E-state index in [2.05, 4.69) is 50.5 Å². The van der Waals surface area contributed by atoms with E-state index in [0.717, 1.165) is 25.2 Å². The minimum atomic E-state index is -1.04. The number of hydrogen-bond acceptors (Lipinski definition) is 5. The molecule has 4 aliphatic carbocycles. The van der Waals surface area contributed by atoms with E-state index < -0.39 is 5.60 Å². The van der Waals surface area contributed by atoms with Gasteiger partial charge in [0, 0.05) is 35.9 Å². The zero-order chi connectivity index (χ0) is 32.7. The number of nitrogens with one attached hydrogen (secondary N) is 2. The van der Waals surface area contributed by atoms with Gasteiger partial charge in [-0.3, -0.25) is 10.2 Å². The molecule has 0 amide bonds. The molecule has 0 heterocycles. The third-order valence-electron chi connectivity index (χ3n) is 12.7. The highest BCUT2D eigenvalue weighted by molar-refractivity contribution is 7.80. The van der Waals surface area contributed by atoms with E-state index in [4.69, 9.17) is 40.2 Å². The normalized spacial score (nSPS) is 38.0. The van der Waals surface area contributed by atoms with Crippen LogP contribution in [0.2, 0.25) is 10.0 Å². The third kappa shape index (κ3) is 6.67. The fourth-order valence-electron chi connectivity index (χ4n) is 10.6. The molecule has 250 valence electrons. The van der Waals surface area contributed by atoms with Gasteiger partial charge in [-0.1, -0.05) is 77.1 Å². The molecule has 0 aromatic heterocycles. The molecule has 10 atom stereocenters. The molecule has 0 saturated heterocycles. The van der Waals surface area contributed by atoms with Gasteiger partial charge in [-0.05, 0) is 110 Å². The van der Waals surface area contributed by atoms with Crippen LogP contribution in [0.25, 0.3) is 0 Å². The molecule has 5 rings (SSSR count). The van der Waals surface area contributed by atoms with E-state index in [9.17, 15) is 9.90 Å². The lowest BCUT2D eigenvalue weighted by Gasteiger charge is -2.52. The molecular weight excluding hydrogens is 625 g/mol. The minimum absolute atomic E-state index is 0.181. The van der Waals surface area contributed by atoms with Crippen molar-refractivity contribution in [1.82, 2.24) is 5.43 Å². The molecule has 1 aromatic rings. The van der Waals surface area contributed by atoms with Gasteiger partial charge in [-0.15, -0.1) is 0 Å². The first-order valence-electron chi connectivity index (χ1n) is 17.1. The van der Waals surface area contributed by atoms with Gasteiger partial charge >= 0.3 is 5.97 Å². The zero-order valence-corrected chi connectivity index (χ0v) is 30.2. The highest BCUT2D eigenvalue weighted by Crippen LogP contribution is 2.73. The van der Waals surface area contributed by atoms with Gasteiger partial charge in [0.25, 0.3) is 0 Å². The maximum absolute atomic E-state index is 12.9. The van der Waals surface area contributed by atoms with Crippen molar-refractivity contribution in [2.24, 2.45) is 57.4 Å². The highest BCUT2D eigenvalue weighted by atomic mass is 35.5. The van der Waals surface area contributed by atoms with Gasteiger partial charge in [0.2, 0.25) is 0 Å². The number of carbonyl (C=O) groups is 1. The fraction of sp³-hybridized carbons (Fsp3) is 0.750. The van der Waals surface area contributed by atoms with Crippen LogP contribution in [0, 0.1) is 52.3 Å². The van der Waals surface area contributed by atoms with Crippen molar-refractivity contribution >= 4 is 58.4 Å². The SMILES string of the molecule is CC(=O)O[C@H]1CC[C@]2(C)C3CC[C@@]4(C)C(CC[C@@H]4[C@H](C)CCCC(C)C)C3C(/C=N/NC(=S)Nc3ccc(Cl)cc3Cl)[C@]2(O)C1. The Morgan fingerprint density at radius 2 is 1.89 bits per heavy atom. The molecule has 4 saturated carbocycles. The van der Waals surface area contributed by atoms with Crippen molar-refractivity contribution in [3.05, 3.63) is 28.2 Å². The number of anilines is 1. The summed E-state index contributed by atoms with van der Waals surface area (Å²) in [6, 6.07) is 5.19. The van der Waals surface area contributed by atoms with Crippen molar-refractivity contribution in [3.63, 3.8) is 0 Å². The summed E-state index contributed by atoms with van der Waals surface area (Å²) in [4.78, 5) is 12.0. The Morgan fingerprint density at radius 3 is 2.58 bits per heavy atom. The number of benzene rings is 1. The van der Waals surface area contributed by atoms with E-state index in [0.29, 0.717) is 56.9 Å². The Balaban J connectivity index is 1.41. The summed E-state index contributed by atoms with van der Waals surface area (Å²) in [5, 5.41) is 22.0. The fourth-order valence-corrected chi connectivity index (χ4v) is 11.3. The number of hydrogen-bond donors (Lipinski definition) is 3. The topological polar surface area (TPSA) is 83.0 Å². The summed E-state index contributed by atoms with van der Waals surface area (Å²) >= 11 is 18.0. The van der Waals surface area contributed by atoms with Crippen LogP contribution in [0.4, 0.5) is 5.69 Å². The predicted octanol–water partition coefficient (Wildman–Crippen LogP) is 9.27. The van der Waals surface area contributed by atoms with Gasteiger partial charge in [0.05, 0.1) is 16.3 Å². The third-order valence-corrected chi connectivity index (χ3v) is 13.5. The molecule has 9 heteroatoms. The summed E-state index contributed by atoms with van der Waals surface area (Å²) in [7, 11) is 0. The maximum Gasteiger partial charge on any atom is 0.302 e. The standard InChI is InChI=1S/C36H53Cl2N3O3S/c1-21(2)8-7-9-22(3)26-11-12-27-32-28(15-16-34(26,27)5)35(6)17-14-25(44-23(4)42)19-36(35,43)29(32)20-39-41-33(45)40-31-13-10-24(37)18-30(31)38/h10,13,18,20-22,25-29,32,43H,7-9,11-12,14-17,19H2,1-6H3,(H2,40,41,45)/b39-20+/t22-,25+,26-,27?,28?,29?,32?,34-,35-,36-/m1/s1. The molecule has 3 N–H and O–H groups in total. The zero-order valence-electron chi connectivity index (χ0n) is 27.9. The Hall–Kier alpha value is -1.41. The molecule has 0 bridgehead atoms. The number of thiocarbonyl (C=S) groups is 1. The molecule has 4 unspecified atom stereocenters. The smallest absolute Gasteiger partial charge is 0.302 e. The summed E-state index contributed by atoms with van der Waals surface area (Å²) in [5.74, 6) is 2.89. The monoisotopic (exact) mass is 677 g/mol. The van der Waals surface area contributed by atoms with Gasteiger partial charge in [-0.2, -0.15) is 5.10 Å². The van der Waals surface area contributed by atoms with Gasteiger partial charge in [-0.25, -0.2) is 0 Å². The molecule has 4 fully saturated rings. The van der Waals surface area contributed by atoms with Crippen LogP contribution in [0.1, 0.15) is 106 Å². The highest BCUT2D eigenvalue weighted by Gasteiger charge is 2.72. The van der Waals surface area contributed by atoms with Gasteiger partial charge in [0.15, 0.2) is 5.11 Å². The molecule has 4 aliphatic rings. The average molecular weight is 679 g/mol. The lowest BCUT2D eigenvalue weighted by Crippen LogP contribution is -2.55. The first-order chi connectivity index (χ1) is 21.2. The van der Waals surface area contributed by atoms with Crippen LogP contribution in [0.5, 0.6) is 0 Å². The van der Waals surface area contributed by atoms with Gasteiger partial charge < -0.3 is 15.2 Å². The number of aliphatic hydroxyl groups is 1. The summed E-state index contributed by atoms with van der Waals surface area (Å²) in [6.07, 6.45) is 12.4. The molecule has 6 nitrogen and oxygen atoms in total. The van der Waals surface area contributed by atoms with E-state index in [1.165, 1.54) is 45.4 Å². The lowest BCUT2D eigenvalue weighted by molar-refractivity contribution is -0.170. The van der Waals surface area contributed by atoms with Crippen LogP contribution in [-0.4, -0.2) is 34.1 Å². The van der Waals surface area contributed by atoms with Crippen molar-refractivity contribution in [2.45, 2.75) is 117 Å². The largest absolute Gasteiger partial charge is 0.462 e. The second-order valence-corrected chi connectivity index (χ2v) is 16.9. The van der Waals surface area contributed by atoms with Crippen molar-refractivity contribution in [3.8, 4) is 0 Å². The number of halogens is 2. The second-order valence-electron chi connectivity index (χ2n) is 15.6. The number of carbonyl (C=O) groups excluding carboxylic acids is 1. The van der Waals surface area contributed by atoms with Crippen molar-refractivity contribution < 1.29 is 14.6 Å². The second kappa shape index (κ2) is 13.6. The van der Waals surface area contributed by atoms with Crippen LogP contribution in [-0.2, 0) is 9.53 Å². The van der Waals surface area contributed by atoms with Crippen LogP contribution in [0.15, 0.2) is 23.3 Å². The van der Waals surface area contributed by atoms with E-state index in [-0.39, 0.29) is 28.8 Å². The molecule has 1 aromatic carbocycles. The number of ether oxygens (including phenoxy) is 1. The van der Waals surface area contributed by atoms with Crippen molar-refractivity contribution in [1.29, 1.82) is 0 Å². The Morgan fingerprint density at radius 1 is 1.13 bits per heavy atom. The summed E-state index contributed by atoms with van der Waals surface area (Å²) in [5.41, 5.74) is 2.57. The first-order valence-corrected chi connectivity index (χ1v) is 18.3. The number of esters is 1. The lowest BCUT2D eigenvalue weighted by atomic mass is 9.53. The predicted molar refractivity (Wildman–Crippen MR) is 189 cm³/mol. The first kappa shape index (κ1) is 34.9. The molecule has 0 aliphatic heterocycles. The van der Waals surface area contributed by atoms with E-state index in [1.54, 1.807) is 18.2 Å². The molecule has 0 spiro atoms. The average Bonchev–Trinajstić information content (AvgIpc) is 3.39. The van der Waals surface area contributed by atoms with Gasteiger partial charge in [0.1, 0.15) is 6.10 Å². The van der Waals surface area contributed by atoms with Crippen LogP contribution < -0.4 is 10.7 Å². The summed E-state index contributed by atoms with van der Waals surface area (Å²) < 4.78 is 5.74. The van der Waals surface area contributed by atoms with Crippen LogP contribution in [0.3, 0.4) is 0 Å². The van der Waals surface area contributed by atoms with Crippen molar-refractivity contribution in [2.75, 3.05) is 5.32 Å². The Labute approximate surface area is 285 Å². The number of rotatable bonds is 9. The van der Waals surface area contributed by atoms with E-state index >= 15 is 0 Å². The number of nitrogens with zero attached hydrogens (tertiary/aromatic N) is 1. The maximum atomic E-state index is 12.9. The Kier molecular flexibility index (Phi) is 10.6. The molecule has 0 radical (unpaired) electrons. The van der Waals surface area contributed by atoms with Crippen LogP contribution >= 0.6 is 35.4 Å². The van der Waals surface area contributed by atoms with E-state index in [1.807, 2.05) is 6.21 Å². The Bertz CT molecular complexity index is 1290. The number of fused-ring (bicyclic) bond motifs is 5. The quantitative estimate of drug-likeness (QED) is 0.105. The molecular formula is C36H53Cl2N3O3S. The minimum Gasteiger partial charge on any atom is -0.462 e. The number of hydrazone groups is 1. The summed E-state index contributed by atoms with van der Waals surface area (Å²) in [6.45, 7) is 13.4. The molecule has 45 heavy (non-hydrogen) atoms.